The van der Waals surface area contributed by atoms with E-state index in [-0.39, 0.29) is 16.5 Å². The number of nitrogens with zero attached hydrogens (tertiary/aromatic N) is 1. The zero-order chi connectivity index (χ0) is 25.0. The SMILES string of the molecule is CCOc1ccc(-c2nc(NC(=O)c3ccc(NS(=O)(=O)c4ccc(F)cc4)cc3)sc2C)cc1. The molecule has 1 amide bonds. The minimum absolute atomic E-state index is 0.0665. The van der Waals surface area contributed by atoms with Crippen LogP contribution in [-0.4, -0.2) is 25.9 Å². The van der Waals surface area contributed by atoms with Crippen LogP contribution in [0.5, 0.6) is 5.75 Å². The number of aromatic nitrogens is 1. The second-order valence-corrected chi connectivity index (χ2v) is 10.4. The van der Waals surface area contributed by atoms with Crippen LogP contribution in [0.25, 0.3) is 11.3 Å². The number of anilines is 2. The van der Waals surface area contributed by atoms with Crippen LogP contribution in [0.1, 0.15) is 22.2 Å². The number of carbonyl (C=O) groups excluding carboxylic acids is 1. The van der Waals surface area contributed by atoms with Crippen molar-refractivity contribution in [3.8, 4) is 17.0 Å². The van der Waals surface area contributed by atoms with Crippen molar-refractivity contribution in [2.24, 2.45) is 0 Å². The maximum Gasteiger partial charge on any atom is 0.261 e. The summed E-state index contributed by atoms with van der Waals surface area (Å²) >= 11 is 1.36. The summed E-state index contributed by atoms with van der Waals surface area (Å²) in [7, 11) is -3.88. The third-order valence-electron chi connectivity index (χ3n) is 4.98. The van der Waals surface area contributed by atoms with E-state index in [2.05, 4.69) is 15.0 Å². The highest BCUT2D eigenvalue weighted by Gasteiger charge is 2.16. The smallest absolute Gasteiger partial charge is 0.261 e. The minimum Gasteiger partial charge on any atom is -0.494 e. The number of ether oxygens (including phenoxy) is 1. The van der Waals surface area contributed by atoms with Gasteiger partial charge in [0.2, 0.25) is 0 Å². The normalized spacial score (nSPS) is 11.2. The first-order chi connectivity index (χ1) is 16.7. The second-order valence-electron chi connectivity index (χ2n) is 7.47. The largest absolute Gasteiger partial charge is 0.494 e. The molecule has 0 aliphatic heterocycles. The summed E-state index contributed by atoms with van der Waals surface area (Å²) in [4.78, 5) is 18.1. The number of hydrogen-bond acceptors (Lipinski definition) is 6. The zero-order valence-electron chi connectivity index (χ0n) is 18.9. The molecule has 0 unspecified atom stereocenters. The Hall–Kier alpha value is -3.76. The number of aryl methyl sites for hydroxylation is 1. The lowest BCUT2D eigenvalue weighted by atomic mass is 10.1. The summed E-state index contributed by atoms with van der Waals surface area (Å²) in [6.45, 7) is 4.45. The predicted molar refractivity (Wildman–Crippen MR) is 135 cm³/mol. The Labute approximate surface area is 206 Å². The van der Waals surface area contributed by atoms with E-state index in [0.717, 1.165) is 34.0 Å². The molecule has 0 bridgehead atoms. The zero-order valence-corrected chi connectivity index (χ0v) is 20.5. The van der Waals surface area contributed by atoms with E-state index in [1.807, 2.05) is 38.1 Å². The second kappa shape index (κ2) is 10.2. The molecule has 0 saturated carbocycles. The van der Waals surface area contributed by atoms with Gasteiger partial charge in [-0.15, -0.1) is 11.3 Å². The van der Waals surface area contributed by atoms with E-state index in [1.54, 1.807) is 0 Å². The van der Waals surface area contributed by atoms with Crippen LogP contribution in [0, 0.1) is 12.7 Å². The molecule has 7 nitrogen and oxygen atoms in total. The number of sulfonamides is 1. The van der Waals surface area contributed by atoms with Crippen LogP contribution in [0.3, 0.4) is 0 Å². The molecule has 0 aliphatic carbocycles. The third-order valence-corrected chi connectivity index (χ3v) is 7.26. The van der Waals surface area contributed by atoms with Gasteiger partial charge in [-0.3, -0.25) is 14.8 Å². The fourth-order valence-electron chi connectivity index (χ4n) is 3.28. The molecule has 0 atom stereocenters. The van der Waals surface area contributed by atoms with Crippen LogP contribution in [0.4, 0.5) is 15.2 Å². The van der Waals surface area contributed by atoms with Gasteiger partial charge in [0.1, 0.15) is 11.6 Å². The average molecular weight is 512 g/mol. The molecule has 35 heavy (non-hydrogen) atoms. The average Bonchev–Trinajstić information content (AvgIpc) is 3.20. The van der Waals surface area contributed by atoms with Gasteiger partial charge in [0.25, 0.3) is 15.9 Å². The molecule has 0 radical (unpaired) electrons. The molecular formula is C25H22FN3O4S2. The Morgan fingerprint density at radius 1 is 1.00 bits per heavy atom. The Bertz CT molecular complexity index is 1430. The highest BCUT2D eigenvalue weighted by molar-refractivity contribution is 7.92. The Balaban J connectivity index is 1.43. The molecule has 0 saturated heterocycles. The Morgan fingerprint density at radius 3 is 2.29 bits per heavy atom. The van der Waals surface area contributed by atoms with Gasteiger partial charge in [-0.25, -0.2) is 17.8 Å². The molecule has 180 valence electrons. The Kier molecular flexibility index (Phi) is 7.13. The Morgan fingerprint density at radius 2 is 1.66 bits per heavy atom. The van der Waals surface area contributed by atoms with Gasteiger partial charge in [-0.05, 0) is 86.6 Å². The molecule has 0 spiro atoms. The quantitative estimate of drug-likeness (QED) is 0.316. The van der Waals surface area contributed by atoms with E-state index >= 15 is 0 Å². The molecular weight excluding hydrogens is 489 g/mol. The van der Waals surface area contributed by atoms with Crippen LogP contribution in [-0.2, 0) is 10.0 Å². The summed E-state index contributed by atoms with van der Waals surface area (Å²) in [5.41, 5.74) is 2.30. The number of halogens is 1. The van der Waals surface area contributed by atoms with E-state index in [0.29, 0.717) is 17.3 Å². The summed E-state index contributed by atoms with van der Waals surface area (Å²) in [6.07, 6.45) is 0. The number of amides is 1. The monoisotopic (exact) mass is 511 g/mol. The topological polar surface area (TPSA) is 97.4 Å². The third kappa shape index (κ3) is 5.84. The van der Waals surface area contributed by atoms with Crippen molar-refractivity contribution in [3.63, 3.8) is 0 Å². The van der Waals surface area contributed by atoms with Gasteiger partial charge in [0.05, 0.1) is 17.2 Å². The van der Waals surface area contributed by atoms with Gasteiger partial charge >= 0.3 is 0 Å². The maximum absolute atomic E-state index is 13.1. The standard InChI is InChI=1S/C25H22FN3O4S2/c1-3-33-21-12-6-17(7-13-21)23-16(2)34-25(27-23)28-24(30)18-4-10-20(11-5-18)29-35(31,32)22-14-8-19(26)9-15-22/h4-15,29H,3H2,1-2H3,(H,27,28,30). The van der Waals surface area contributed by atoms with Crippen molar-refractivity contribution in [3.05, 3.63) is 89.1 Å². The van der Waals surface area contributed by atoms with Crippen molar-refractivity contribution >= 4 is 38.1 Å². The molecule has 3 aromatic carbocycles. The lowest BCUT2D eigenvalue weighted by Crippen LogP contribution is -2.14. The number of benzene rings is 3. The fraction of sp³-hybridized carbons (Fsp3) is 0.120. The number of nitrogens with one attached hydrogen (secondary N) is 2. The first kappa shape index (κ1) is 24.4. The van der Waals surface area contributed by atoms with Crippen LogP contribution in [0.15, 0.2) is 77.7 Å². The molecule has 1 aromatic heterocycles. The van der Waals surface area contributed by atoms with E-state index in [1.165, 1.54) is 47.7 Å². The van der Waals surface area contributed by atoms with E-state index < -0.39 is 15.8 Å². The molecule has 4 rings (SSSR count). The van der Waals surface area contributed by atoms with Gasteiger partial charge in [-0.2, -0.15) is 0 Å². The van der Waals surface area contributed by atoms with Crippen LogP contribution >= 0.6 is 11.3 Å². The number of thiazole rings is 1. The summed E-state index contributed by atoms with van der Waals surface area (Å²) in [5.74, 6) is -0.118. The molecule has 10 heteroatoms. The number of hydrogen-bond donors (Lipinski definition) is 2. The molecule has 0 fully saturated rings. The van der Waals surface area contributed by atoms with E-state index in [4.69, 9.17) is 4.74 Å². The number of carbonyl (C=O) groups is 1. The lowest BCUT2D eigenvalue weighted by Gasteiger charge is -2.09. The highest BCUT2D eigenvalue weighted by Crippen LogP contribution is 2.31. The van der Waals surface area contributed by atoms with Crippen molar-refractivity contribution < 1.29 is 22.3 Å². The minimum atomic E-state index is -3.88. The summed E-state index contributed by atoms with van der Waals surface area (Å²) < 4.78 is 45.8. The molecule has 2 N–H and O–H groups in total. The van der Waals surface area contributed by atoms with Crippen LogP contribution in [0.2, 0.25) is 0 Å². The maximum atomic E-state index is 13.1. The van der Waals surface area contributed by atoms with Gasteiger partial charge in [-0.1, -0.05) is 0 Å². The van der Waals surface area contributed by atoms with Crippen LogP contribution < -0.4 is 14.8 Å². The van der Waals surface area contributed by atoms with Gasteiger partial charge < -0.3 is 4.74 Å². The van der Waals surface area contributed by atoms with Crippen molar-refractivity contribution in [1.82, 2.24) is 4.98 Å². The van der Waals surface area contributed by atoms with Gasteiger partial charge in [0.15, 0.2) is 5.13 Å². The predicted octanol–water partition coefficient (Wildman–Crippen LogP) is 5.71. The highest BCUT2D eigenvalue weighted by atomic mass is 32.2. The van der Waals surface area contributed by atoms with Crippen molar-refractivity contribution in [2.45, 2.75) is 18.7 Å². The first-order valence-electron chi connectivity index (χ1n) is 10.7. The number of rotatable bonds is 8. The molecule has 0 aliphatic rings. The van der Waals surface area contributed by atoms with Crippen molar-refractivity contribution in [2.75, 3.05) is 16.6 Å². The molecule has 4 aromatic rings. The summed E-state index contributed by atoms with van der Waals surface area (Å²) in [6, 6.07) is 18.1. The summed E-state index contributed by atoms with van der Waals surface area (Å²) in [5, 5.41) is 3.25. The first-order valence-corrected chi connectivity index (χ1v) is 13.0. The van der Waals surface area contributed by atoms with Crippen molar-refractivity contribution in [1.29, 1.82) is 0 Å². The van der Waals surface area contributed by atoms with E-state index in [9.17, 15) is 17.6 Å². The lowest BCUT2D eigenvalue weighted by molar-refractivity contribution is 0.102. The molecule has 1 heterocycles. The van der Waals surface area contributed by atoms with Gasteiger partial charge in [0, 0.05) is 21.7 Å². The fourth-order valence-corrected chi connectivity index (χ4v) is 5.17.